The maximum absolute atomic E-state index is 11.8. The molecule has 3 rings (SSSR count). The standard InChI is InChI=1S/C13H13N3O3/c1-8-14-13(15-19-8)9-3-2-4-10(5-9)16-7-11(17)6-12(16)18/h2-5,11,17H,6-7H2,1H3. The second-order valence-electron chi connectivity index (χ2n) is 4.55. The molecule has 0 radical (unpaired) electrons. The quantitative estimate of drug-likeness (QED) is 0.874. The molecule has 1 aromatic heterocycles. The number of carbonyl (C=O) groups excluding carboxylic acids is 1. The summed E-state index contributed by atoms with van der Waals surface area (Å²) in [7, 11) is 0. The van der Waals surface area contributed by atoms with E-state index < -0.39 is 6.10 Å². The number of aliphatic hydroxyl groups excluding tert-OH is 1. The molecule has 0 saturated carbocycles. The first-order chi connectivity index (χ1) is 9.13. The van der Waals surface area contributed by atoms with Gasteiger partial charge in [-0.05, 0) is 12.1 Å². The van der Waals surface area contributed by atoms with Crippen LogP contribution in [-0.4, -0.2) is 33.8 Å². The van der Waals surface area contributed by atoms with Crippen LogP contribution in [0, 0.1) is 6.92 Å². The molecule has 1 fully saturated rings. The van der Waals surface area contributed by atoms with Crippen LogP contribution in [0.25, 0.3) is 11.4 Å². The fraction of sp³-hybridized carbons (Fsp3) is 0.308. The summed E-state index contributed by atoms with van der Waals surface area (Å²) in [6.45, 7) is 2.05. The van der Waals surface area contributed by atoms with Crippen molar-refractivity contribution in [3.8, 4) is 11.4 Å². The number of benzene rings is 1. The molecule has 2 aromatic rings. The third-order valence-corrected chi connectivity index (χ3v) is 3.05. The molecular weight excluding hydrogens is 246 g/mol. The molecule has 1 aromatic carbocycles. The molecule has 0 bridgehead atoms. The number of amides is 1. The van der Waals surface area contributed by atoms with Crippen molar-refractivity contribution in [1.29, 1.82) is 0 Å². The minimum Gasteiger partial charge on any atom is -0.391 e. The normalized spacial score (nSPS) is 19.2. The van der Waals surface area contributed by atoms with Crippen LogP contribution in [0.2, 0.25) is 0 Å². The molecule has 1 atom stereocenters. The SMILES string of the molecule is Cc1nc(-c2cccc(N3CC(O)CC3=O)c2)no1. The van der Waals surface area contributed by atoms with Crippen LogP contribution in [0.1, 0.15) is 12.3 Å². The number of rotatable bonds is 2. The van der Waals surface area contributed by atoms with E-state index >= 15 is 0 Å². The summed E-state index contributed by atoms with van der Waals surface area (Å²) in [4.78, 5) is 17.5. The van der Waals surface area contributed by atoms with E-state index in [9.17, 15) is 9.90 Å². The number of aliphatic hydroxyl groups is 1. The van der Waals surface area contributed by atoms with Gasteiger partial charge in [0.25, 0.3) is 0 Å². The van der Waals surface area contributed by atoms with Gasteiger partial charge in [0.05, 0.1) is 19.1 Å². The fourth-order valence-corrected chi connectivity index (χ4v) is 2.17. The molecule has 1 N–H and O–H groups in total. The molecule has 2 heterocycles. The lowest BCUT2D eigenvalue weighted by atomic mass is 10.2. The van der Waals surface area contributed by atoms with Crippen molar-refractivity contribution < 1.29 is 14.4 Å². The highest BCUT2D eigenvalue weighted by Crippen LogP contribution is 2.26. The average Bonchev–Trinajstić information content (AvgIpc) is 2.96. The Hall–Kier alpha value is -2.21. The van der Waals surface area contributed by atoms with Crippen LogP contribution in [0.3, 0.4) is 0 Å². The first-order valence-electron chi connectivity index (χ1n) is 6.02. The van der Waals surface area contributed by atoms with E-state index in [1.165, 1.54) is 0 Å². The lowest BCUT2D eigenvalue weighted by molar-refractivity contribution is -0.117. The highest BCUT2D eigenvalue weighted by Gasteiger charge is 2.29. The molecular formula is C13H13N3O3. The van der Waals surface area contributed by atoms with Gasteiger partial charge in [-0.15, -0.1) is 0 Å². The zero-order chi connectivity index (χ0) is 13.4. The van der Waals surface area contributed by atoms with E-state index in [0.717, 1.165) is 11.3 Å². The van der Waals surface area contributed by atoms with Crippen LogP contribution in [-0.2, 0) is 4.79 Å². The third-order valence-electron chi connectivity index (χ3n) is 3.05. The van der Waals surface area contributed by atoms with Crippen molar-refractivity contribution in [2.45, 2.75) is 19.4 Å². The molecule has 6 heteroatoms. The molecule has 1 aliphatic heterocycles. The van der Waals surface area contributed by atoms with Gasteiger partial charge >= 0.3 is 0 Å². The van der Waals surface area contributed by atoms with Crippen LogP contribution in [0.4, 0.5) is 5.69 Å². The summed E-state index contributed by atoms with van der Waals surface area (Å²) in [6.07, 6.45) is -0.422. The Balaban J connectivity index is 1.94. The van der Waals surface area contributed by atoms with Gasteiger partial charge in [-0.3, -0.25) is 4.79 Å². The molecule has 0 spiro atoms. The van der Waals surface area contributed by atoms with Crippen LogP contribution >= 0.6 is 0 Å². The molecule has 19 heavy (non-hydrogen) atoms. The Morgan fingerprint density at radius 1 is 1.47 bits per heavy atom. The number of carbonyl (C=O) groups is 1. The van der Waals surface area contributed by atoms with E-state index in [4.69, 9.17) is 4.52 Å². The molecule has 6 nitrogen and oxygen atoms in total. The average molecular weight is 259 g/mol. The van der Waals surface area contributed by atoms with E-state index in [0.29, 0.717) is 18.3 Å². The zero-order valence-corrected chi connectivity index (χ0v) is 10.4. The Bertz CT molecular complexity index is 623. The fourth-order valence-electron chi connectivity index (χ4n) is 2.17. The van der Waals surface area contributed by atoms with Gasteiger partial charge in [-0.25, -0.2) is 0 Å². The van der Waals surface area contributed by atoms with Crippen molar-refractivity contribution in [1.82, 2.24) is 10.1 Å². The Labute approximate surface area is 109 Å². The van der Waals surface area contributed by atoms with Crippen molar-refractivity contribution in [2.75, 3.05) is 11.4 Å². The number of aromatic nitrogens is 2. The first-order valence-corrected chi connectivity index (χ1v) is 6.02. The van der Waals surface area contributed by atoms with Gasteiger partial charge in [0, 0.05) is 18.2 Å². The number of β-amino-alcohol motifs (C(OH)–C–C–N with tert-alkyl or cyclic N) is 1. The van der Waals surface area contributed by atoms with Crippen molar-refractivity contribution in [3.05, 3.63) is 30.2 Å². The maximum Gasteiger partial charge on any atom is 0.229 e. The smallest absolute Gasteiger partial charge is 0.229 e. The van der Waals surface area contributed by atoms with Gasteiger partial charge in [0.15, 0.2) is 0 Å². The van der Waals surface area contributed by atoms with Gasteiger partial charge in [-0.1, -0.05) is 17.3 Å². The number of anilines is 1. The first kappa shape index (κ1) is 11.9. The molecule has 98 valence electrons. The minimum absolute atomic E-state index is 0.0751. The largest absolute Gasteiger partial charge is 0.391 e. The number of aryl methyl sites for hydroxylation is 1. The Kier molecular flexibility index (Phi) is 2.79. The van der Waals surface area contributed by atoms with Crippen LogP contribution in [0.15, 0.2) is 28.8 Å². The van der Waals surface area contributed by atoms with Crippen LogP contribution < -0.4 is 4.90 Å². The van der Waals surface area contributed by atoms with Gasteiger partial charge in [0.2, 0.25) is 17.6 Å². The molecule has 1 amide bonds. The minimum atomic E-state index is -0.594. The van der Waals surface area contributed by atoms with Crippen molar-refractivity contribution in [2.24, 2.45) is 0 Å². The van der Waals surface area contributed by atoms with Crippen LogP contribution in [0.5, 0.6) is 0 Å². The molecule has 1 unspecified atom stereocenters. The lowest BCUT2D eigenvalue weighted by Crippen LogP contribution is -2.25. The highest BCUT2D eigenvalue weighted by molar-refractivity contribution is 5.96. The Morgan fingerprint density at radius 2 is 2.32 bits per heavy atom. The molecule has 1 saturated heterocycles. The van der Waals surface area contributed by atoms with E-state index in [2.05, 4.69) is 10.1 Å². The van der Waals surface area contributed by atoms with Crippen molar-refractivity contribution in [3.63, 3.8) is 0 Å². The van der Waals surface area contributed by atoms with Gasteiger partial charge in [0.1, 0.15) is 0 Å². The summed E-state index contributed by atoms with van der Waals surface area (Å²) in [6, 6.07) is 7.33. The predicted molar refractivity (Wildman–Crippen MR) is 67.4 cm³/mol. The highest BCUT2D eigenvalue weighted by atomic mass is 16.5. The summed E-state index contributed by atoms with van der Waals surface area (Å²) >= 11 is 0. The van der Waals surface area contributed by atoms with Gasteiger partial charge in [-0.2, -0.15) is 4.98 Å². The van der Waals surface area contributed by atoms with E-state index in [1.807, 2.05) is 24.3 Å². The maximum atomic E-state index is 11.8. The zero-order valence-electron chi connectivity index (χ0n) is 10.4. The molecule has 1 aliphatic rings. The van der Waals surface area contributed by atoms with Crippen molar-refractivity contribution >= 4 is 11.6 Å². The lowest BCUT2D eigenvalue weighted by Gasteiger charge is -2.16. The topological polar surface area (TPSA) is 79.5 Å². The molecule has 0 aliphatic carbocycles. The predicted octanol–water partition coefficient (Wildman–Crippen LogP) is 1.14. The van der Waals surface area contributed by atoms with Gasteiger partial charge < -0.3 is 14.5 Å². The second-order valence-corrected chi connectivity index (χ2v) is 4.55. The number of hydrogen-bond acceptors (Lipinski definition) is 5. The monoisotopic (exact) mass is 259 g/mol. The third kappa shape index (κ3) is 2.22. The van der Waals surface area contributed by atoms with E-state index in [1.54, 1.807) is 11.8 Å². The summed E-state index contributed by atoms with van der Waals surface area (Å²) < 4.78 is 4.94. The summed E-state index contributed by atoms with van der Waals surface area (Å²) in [5.74, 6) is 0.911. The number of hydrogen-bond donors (Lipinski definition) is 1. The second kappa shape index (κ2) is 4.47. The summed E-state index contributed by atoms with van der Waals surface area (Å²) in [5.41, 5.74) is 1.52. The summed E-state index contributed by atoms with van der Waals surface area (Å²) in [5, 5.41) is 13.4. The van der Waals surface area contributed by atoms with E-state index in [-0.39, 0.29) is 12.3 Å². The number of nitrogens with zero attached hydrogens (tertiary/aromatic N) is 3. The Morgan fingerprint density at radius 3 is 2.95 bits per heavy atom.